The van der Waals surface area contributed by atoms with Crippen molar-refractivity contribution in [1.82, 2.24) is 4.98 Å². The van der Waals surface area contributed by atoms with Gasteiger partial charge < -0.3 is 0 Å². The van der Waals surface area contributed by atoms with Crippen molar-refractivity contribution in [2.75, 3.05) is 0 Å². The number of rotatable bonds is 5. The highest BCUT2D eigenvalue weighted by Crippen LogP contribution is 2.57. The van der Waals surface area contributed by atoms with Gasteiger partial charge in [0.2, 0.25) is 0 Å². The van der Waals surface area contributed by atoms with E-state index >= 15 is 0 Å². The Hall–Kier alpha value is -5.18. The molecule has 0 spiro atoms. The second-order valence-electron chi connectivity index (χ2n) is 11.1. The van der Waals surface area contributed by atoms with E-state index in [1.165, 1.54) is 37.6 Å². The Labute approximate surface area is 262 Å². The summed E-state index contributed by atoms with van der Waals surface area (Å²) in [4.78, 5) is 7.86. The van der Waals surface area contributed by atoms with Crippen molar-refractivity contribution in [1.29, 1.82) is 0 Å². The highest BCUT2D eigenvalue weighted by atomic mass is 32.2. The number of fused-ring (bicyclic) bond motifs is 2. The van der Waals surface area contributed by atoms with Crippen molar-refractivity contribution in [3.63, 3.8) is 0 Å². The minimum Gasteiger partial charge on any atom is -0.248 e. The first-order valence-electron chi connectivity index (χ1n) is 15.0. The number of nitrogens with zero attached hydrogens (tertiary/aromatic N) is 1. The molecule has 1 nitrogen and oxygen atoms in total. The number of hydrogen-bond acceptors (Lipinski definition) is 2. The summed E-state index contributed by atoms with van der Waals surface area (Å²) in [5.74, 6) is 0. The van der Waals surface area contributed by atoms with E-state index in [1.54, 1.807) is 0 Å². The van der Waals surface area contributed by atoms with Gasteiger partial charge in [0.15, 0.2) is 0 Å². The Morgan fingerprint density at radius 3 is 1.59 bits per heavy atom. The van der Waals surface area contributed by atoms with Crippen LogP contribution in [0.5, 0.6) is 0 Å². The zero-order valence-electron chi connectivity index (χ0n) is 24.1. The minimum absolute atomic E-state index is 0.477. The first-order valence-corrected chi connectivity index (χ1v) is 15.8. The summed E-state index contributed by atoms with van der Waals surface area (Å²) < 4.78 is 0. The molecule has 0 unspecified atom stereocenters. The Morgan fingerprint density at radius 1 is 0.409 bits per heavy atom. The van der Waals surface area contributed by atoms with Gasteiger partial charge in [-0.2, -0.15) is 0 Å². The molecule has 1 aromatic heterocycles. The largest absolute Gasteiger partial charge is 0.248 e. The van der Waals surface area contributed by atoms with E-state index in [2.05, 4.69) is 176 Å². The molecule has 0 atom stereocenters. The fourth-order valence-corrected chi connectivity index (χ4v) is 7.96. The van der Waals surface area contributed by atoms with E-state index in [0.717, 1.165) is 28.1 Å². The normalized spacial score (nSPS) is 13.1. The maximum atomic E-state index is 5.34. The van der Waals surface area contributed by atoms with E-state index in [0.29, 0.717) is 0 Å². The molecule has 2 heteroatoms. The molecule has 8 rings (SSSR count). The minimum atomic E-state index is -0.477. The third kappa shape index (κ3) is 4.38. The van der Waals surface area contributed by atoms with E-state index in [-0.39, 0.29) is 0 Å². The van der Waals surface area contributed by atoms with Crippen LogP contribution in [0.25, 0.3) is 33.6 Å². The summed E-state index contributed by atoms with van der Waals surface area (Å²) in [7, 11) is 0. The van der Waals surface area contributed by atoms with Gasteiger partial charge in [0, 0.05) is 20.9 Å². The van der Waals surface area contributed by atoms with Crippen molar-refractivity contribution < 1.29 is 0 Å². The number of aromatic nitrogens is 1. The lowest BCUT2D eigenvalue weighted by atomic mass is 9.64. The maximum Gasteiger partial charge on any atom is 0.0727 e. The van der Waals surface area contributed by atoms with Crippen molar-refractivity contribution in [3.8, 4) is 33.6 Å². The van der Waals surface area contributed by atoms with E-state index in [9.17, 15) is 0 Å². The van der Waals surface area contributed by atoms with Crippen LogP contribution < -0.4 is 0 Å². The van der Waals surface area contributed by atoms with E-state index < -0.39 is 5.41 Å². The van der Waals surface area contributed by atoms with Crippen LogP contribution in [0, 0.1) is 0 Å². The van der Waals surface area contributed by atoms with Gasteiger partial charge in [-0.05, 0) is 51.6 Å². The Bertz CT molecular complexity index is 1970. The molecule has 0 aliphatic carbocycles. The fourth-order valence-electron chi connectivity index (χ4n) is 6.65. The topological polar surface area (TPSA) is 12.9 Å². The zero-order valence-corrected chi connectivity index (χ0v) is 24.9. The lowest BCUT2D eigenvalue weighted by Gasteiger charge is -2.42. The lowest BCUT2D eigenvalue weighted by molar-refractivity contribution is 0.703. The second kappa shape index (κ2) is 11.1. The van der Waals surface area contributed by atoms with Gasteiger partial charge >= 0.3 is 0 Å². The van der Waals surface area contributed by atoms with Gasteiger partial charge in [0.05, 0.1) is 16.8 Å². The molecule has 0 radical (unpaired) electrons. The molecule has 7 aromatic rings. The molecule has 0 N–H and O–H groups in total. The van der Waals surface area contributed by atoms with E-state index in [1.807, 2.05) is 11.8 Å². The molecule has 0 saturated carbocycles. The predicted molar refractivity (Wildman–Crippen MR) is 183 cm³/mol. The van der Waals surface area contributed by atoms with Crippen LogP contribution >= 0.6 is 11.8 Å². The molecule has 1 aliphatic rings. The van der Waals surface area contributed by atoms with Gasteiger partial charge in [-0.15, -0.1) is 0 Å². The number of benzene rings is 6. The summed E-state index contributed by atoms with van der Waals surface area (Å²) >= 11 is 1.86. The highest BCUT2D eigenvalue weighted by molar-refractivity contribution is 7.99. The van der Waals surface area contributed by atoms with Crippen LogP contribution in [0.2, 0.25) is 0 Å². The third-order valence-corrected chi connectivity index (χ3v) is 9.83. The standard InChI is InChI=1S/C42H29NS/c1-5-16-30(17-6-1)32-28-38(31-18-7-2-8-19-31)43-39(29-32)35-24-15-26-37-41(35)44-40-27-14-13-25-36(40)42(37,33-20-9-3-10-21-33)34-22-11-4-12-23-34/h1-29H. The van der Waals surface area contributed by atoms with Gasteiger partial charge in [-0.25, -0.2) is 4.98 Å². The summed E-state index contributed by atoms with van der Waals surface area (Å²) in [6.45, 7) is 0. The molecule has 6 aromatic carbocycles. The monoisotopic (exact) mass is 579 g/mol. The molecule has 0 amide bonds. The van der Waals surface area contributed by atoms with Crippen LogP contribution in [-0.4, -0.2) is 4.98 Å². The molecular formula is C42H29NS. The number of pyridine rings is 1. The van der Waals surface area contributed by atoms with Gasteiger partial charge in [0.1, 0.15) is 0 Å². The highest BCUT2D eigenvalue weighted by Gasteiger charge is 2.44. The predicted octanol–water partition coefficient (Wildman–Crippen LogP) is 10.9. The average molecular weight is 580 g/mol. The fraction of sp³-hybridized carbons (Fsp3) is 0.0238. The maximum absolute atomic E-state index is 5.34. The second-order valence-corrected chi connectivity index (χ2v) is 12.2. The summed E-state index contributed by atoms with van der Waals surface area (Å²) in [5.41, 5.74) is 11.2. The van der Waals surface area contributed by atoms with Gasteiger partial charge in [0.25, 0.3) is 0 Å². The molecule has 208 valence electrons. The Morgan fingerprint density at radius 2 is 0.932 bits per heavy atom. The summed E-state index contributed by atoms with van der Waals surface area (Å²) in [6.07, 6.45) is 0. The van der Waals surface area contributed by atoms with Gasteiger partial charge in [-0.1, -0.05) is 169 Å². The quantitative estimate of drug-likeness (QED) is 0.201. The van der Waals surface area contributed by atoms with Crippen LogP contribution in [0.1, 0.15) is 22.3 Å². The SMILES string of the molecule is c1ccc(-c2cc(-c3ccccc3)nc(-c3cccc4c3Sc3ccccc3C4(c3ccccc3)c3ccccc3)c2)cc1. The van der Waals surface area contributed by atoms with E-state index in [4.69, 9.17) is 4.98 Å². The molecule has 2 heterocycles. The van der Waals surface area contributed by atoms with Crippen molar-refractivity contribution in [2.45, 2.75) is 15.2 Å². The molecule has 0 fully saturated rings. The summed E-state index contributed by atoms with van der Waals surface area (Å²) in [6, 6.07) is 63.2. The van der Waals surface area contributed by atoms with Crippen LogP contribution in [0.3, 0.4) is 0 Å². The molecule has 1 aliphatic heterocycles. The molecule has 0 saturated heterocycles. The zero-order chi connectivity index (χ0) is 29.3. The van der Waals surface area contributed by atoms with Crippen LogP contribution in [0.4, 0.5) is 0 Å². The summed E-state index contributed by atoms with van der Waals surface area (Å²) in [5, 5.41) is 0. The van der Waals surface area contributed by atoms with Crippen molar-refractivity contribution in [2.24, 2.45) is 0 Å². The molecular weight excluding hydrogens is 551 g/mol. The van der Waals surface area contributed by atoms with Gasteiger partial charge in [-0.3, -0.25) is 0 Å². The Balaban J connectivity index is 1.44. The van der Waals surface area contributed by atoms with Crippen molar-refractivity contribution in [3.05, 3.63) is 198 Å². The Kier molecular flexibility index (Phi) is 6.70. The number of hydrogen-bond donors (Lipinski definition) is 0. The first kappa shape index (κ1) is 26.4. The lowest BCUT2D eigenvalue weighted by Crippen LogP contribution is -2.34. The average Bonchev–Trinajstić information content (AvgIpc) is 3.11. The first-order chi connectivity index (χ1) is 21.8. The third-order valence-electron chi connectivity index (χ3n) is 8.61. The smallest absolute Gasteiger partial charge is 0.0727 e. The van der Waals surface area contributed by atoms with Crippen molar-refractivity contribution >= 4 is 11.8 Å². The molecule has 0 bridgehead atoms. The van der Waals surface area contributed by atoms with Crippen LogP contribution in [0.15, 0.2) is 186 Å². The molecule has 44 heavy (non-hydrogen) atoms. The van der Waals surface area contributed by atoms with Crippen LogP contribution in [-0.2, 0) is 5.41 Å².